The molecule has 28 heavy (non-hydrogen) atoms. The van der Waals surface area contributed by atoms with E-state index in [9.17, 15) is 13.2 Å². The summed E-state index contributed by atoms with van der Waals surface area (Å²) in [6.07, 6.45) is 0.763. The monoisotopic (exact) mass is 425 g/mol. The molecular weight excluding hydrogens is 398 g/mol. The zero-order valence-corrected chi connectivity index (χ0v) is 17.9. The third kappa shape index (κ3) is 6.51. The zero-order valence-electron chi connectivity index (χ0n) is 16.2. The summed E-state index contributed by atoms with van der Waals surface area (Å²) in [4.78, 5) is 12.2. The van der Waals surface area contributed by atoms with Gasteiger partial charge < -0.3 is 11.1 Å². The average molecular weight is 426 g/mol. The Morgan fingerprint density at radius 1 is 1.00 bits per heavy atom. The number of rotatable bonds is 9. The van der Waals surface area contributed by atoms with Crippen molar-refractivity contribution >= 4 is 34.0 Å². The molecule has 0 spiro atoms. The van der Waals surface area contributed by atoms with Crippen molar-refractivity contribution in [3.8, 4) is 0 Å². The van der Waals surface area contributed by atoms with Gasteiger partial charge in [-0.1, -0.05) is 35.4 Å². The highest BCUT2D eigenvalue weighted by atomic mass is 35.5. The molecule has 0 atom stereocenters. The second-order valence-electron chi connectivity index (χ2n) is 6.47. The fourth-order valence-electron chi connectivity index (χ4n) is 2.56. The molecule has 0 aliphatic rings. The largest absolute Gasteiger partial charge is 0.356 e. The fraction of sp³-hybridized carbons (Fsp3) is 0.350. The first-order chi connectivity index (χ1) is 12.8. The second kappa shape index (κ2) is 11.0. The minimum absolute atomic E-state index is 0. The van der Waals surface area contributed by atoms with Gasteiger partial charge in [-0.05, 0) is 51.1 Å². The Balaban J connectivity index is 0.00000392. The third-order valence-corrected chi connectivity index (χ3v) is 6.02. The molecule has 0 heterocycles. The summed E-state index contributed by atoms with van der Waals surface area (Å²) < 4.78 is 27.7. The van der Waals surface area contributed by atoms with Crippen LogP contribution in [0.2, 0.25) is 0 Å². The number of sulfonamides is 1. The first-order valence-corrected chi connectivity index (χ1v) is 10.4. The summed E-state index contributed by atoms with van der Waals surface area (Å²) in [5.41, 5.74) is 7.97. The molecule has 0 bridgehead atoms. The smallest absolute Gasteiger partial charge is 0.264 e. The van der Waals surface area contributed by atoms with Crippen LogP contribution in [-0.4, -0.2) is 34.0 Å². The molecule has 0 aliphatic carbocycles. The van der Waals surface area contributed by atoms with Gasteiger partial charge in [-0.25, -0.2) is 8.42 Å². The van der Waals surface area contributed by atoms with E-state index in [-0.39, 0.29) is 36.2 Å². The normalized spacial score (nSPS) is 10.8. The number of nitrogens with two attached hydrogens (primary N) is 1. The molecule has 0 saturated heterocycles. The summed E-state index contributed by atoms with van der Waals surface area (Å²) in [6.45, 7) is 4.89. The van der Waals surface area contributed by atoms with E-state index in [2.05, 4.69) is 5.32 Å². The summed E-state index contributed by atoms with van der Waals surface area (Å²) >= 11 is 0. The lowest BCUT2D eigenvalue weighted by molar-refractivity contribution is -0.120. The first kappa shape index (κ1) is 23.9. The lowest BCUT2D eigenvalue weighted by Gasteiger charge is -2.24. The van der Waals surface area contributed by atoms with Crippen molar-refractivity contribution < 1.29 is 13.2 Å². The van der Waals surface area contributed by atoms with Crippen LogP contribution >= 0.6 is 12.4 Å². The highest BCUT2D eigenvalue weighted by Crippen LogP contribution is 2.24. The van der Waals surface area contributed by atoms with Crippen molar-refractivity contribution in [2.75, 3.05) is 23.9 Å². The van der Waals surface area contributed by atoms with E-state index in [0.29, 0.717) is 25.2 Å². The molecule has 0 aromatic heterocycles. The van der Waals surface area contributed by atoms with Gasteiger partial charge in [0.25, 0.3) is 10.0 Å². The predicted octanol–water partition coefficient (Wildman–Crippen LogP) is 2.78. The van der Waals surface area contributed by atoms with Crippen molar-refractivity contribution in [1.29, 1.82) is 0 Å². The van der Waals surface area contributed by atoms with Gasteiger partial charge in [-0.3, -0.25) is 9.10 Å². The van der Waals surface area contributed by atoms with Gasteiger partial charge in [0.15, 0.2) is 0 Å². The Labute approximate surface area is 173 Å². The van der Waals surface area contributed by atoms with Crippen LogP contribution in [0.4, 0.5) is 5.69 Å². The highest BCUT2D eigenvalue weighted by molar-refractivity contribution is 7.92. The van der Waals surface area contributed by atoms with Gasteiger partial charge in [0.2, 0.25) is 5.91 Å². The molecule has 0 unspecified atom stereocenters. The van der Waals surface area contributed by atoms with E-state index in [1.807, 2.05) is 26.0 Å². The Morgan fingerprint density at radius 3 is 2.07 bits per heavy atom. The molecule has 2 rings (SSSR count). The molecular formula is C20H28ClN3O3S. The number of benzene rings is 2. The number of hydrogen-bond acceptors (Lipinski definition) is 4. The van der Waals surface area contributed by atoms with Gasteiger partial charge in [0.05, 0.1) is 10.6 Å². The van der Waals surface area contributed by atoms with Crippen LogP contribution in [0.25, 0.3) is 0 Å². The maximum atomic E-state index is 13.2. The van der Waals surface area contributed by atoms with Crippen molar-refractivity contribution in [2.24, 2.45) is 5.73 Å². The number of hydrogen-bond donors (Lipinski definition) is 2. The Kier molecular flexibility index (Phi) is 9.45. The van der Waals surface area contributed by atoms with E-state index in [4.69, 9.17) is 5.73 Å². The van der Waals surface area contributed by atoms with E-state index < -0.39 is 10.0 Å². The molecule has 2 aromatic rings. The topological polar surface area (TPSA) is 92.5 Å². The molecule has 0 saturated carbocycles. The van der Waals surface area contributed by atoms with Crippen LogP contribution in [0.1, 0.15) is 24.0 Å². The number of carbonyl (C=O) groups is 1. The number of nitrogens with zero attached hydrogens (tertiary/aromatic N) is 1. The van der Waals surface area contributed by atoms with Crippen LogP contribution in [0.5, 0.6) is 0 Å². The average Bonchev–Trinajstić information content (AvgIpc) is 2.64. The van der Waals surface area contributed by atoms with Crippen LogP contribution < -0.4 is 15.4 Å². The van der Waals surface area contributed by atoms with Crippen molar-refractivity contribution in [1.82, 2.24) is 5.32 Å². The van der Waals surface area contributed by atoms with Gasteiger partial charge in [-0.2, -0.15) is 0 Å². The molecule has 0 radical (unpaired) electrons. The number of amides is 1. The number of anilines is 1. The lowest BCUT2D eigenvalue weighted by atomic mass is 10.2. The minimum Gasteiger partial charge on any atom is -0.356 e. The summed E-state index contributed by atoms with van der Waals surface area (Å²) in [5.74, 6) is -0.195. The molecule has 0 aliphatic heterocycles. The van der Waals surface area contributed by atoms with Gasteiger partial charge in [-0.15, -0.1) is 12.4 Å². The predicted molar refractivity (Wildman–Crippen MR) is 115 cm³/mol. The van der Waals surface area contributed by atoms with E-state index in [1.54, 1.807) is 36.4 Å². The van der Waals surface area contributed by atoms with Gasteiger partial charge >= 0.3 is 0 Å². The van der Waals surface area contributed by atoms with E-state index >= 15 is 0 Å². The van der Waals surface area contributed by atoms with Crippen LogP contribution in [0.15, 0.2) is 53.4 Å². The number of halogens is 1. The molecule has 3 N–H and O–H groups in total. The number of carbonyl (C=O) groups excluding carboxylic acids is 1. The van der Waals surface area contributed by atoms with Crippen LogP contribution in [0.3, 0.4) is 0 Å². The minimum atomic E-state index is -3.77. The summed E-state index contributed by atoms with van der Waals surface area (Å²) in [7, 11) is -3.77. The SMILES string of the molecule is Cc1ccc(N(CCC(=O)NCCCN)S(=O)(=O)c2ccc(C)cc2)cc1.Cl. The van der Waals surface area contributed by atoms with E-state index in [1.165, 1.54) is 4.31 Å². The van der Waals surface area contributed by atoms with Gasteiger partial charge in [0, 0.05) is 19.5 Å². The fourth-order valence-corrected chi connectivity index (χ4v) is 4.02. The Hall–Kier alpha value is -2.09. The van der Waals surface area contributed by atoms with Gasteiger partial charge in [0.1, 0.15) is 0 Å². The molecule has 154 valence electrons. The molecule has 8 heteroatoms. The quantitative estimate of drug-likeness (QED) is 0.604. The lowest BCUT2D eigenvalue weighted by Crippen LogP contribution is -2.35. The van der Waals surface area contributed by atoms with Crippen molar-refractivity contribution in [2.45, 2.75) is 31.6 Å². The third-order valence-electron chi connectivity index (χ3n) is 4.18. The summed E-state index contributed by atoms with van der Waals surface area (Å²) in [6, 6.07) is 13.9. The Bertz CT molecular complexity index is 853. The second-order valence-corrected chi connectivity index (χ2v) is 8.33. The molecule has 6 nitrogen and oxygen atoms in total. The maximum absolute atomic E-state index is 13.2. The number of aryl methyl sites for hydroxylation is 2. The van der Waals surface area contributed by atoms with Crippen molar-refractivity contribution in [3.05, 3.63) is 59.7 Å². The molecule has 2 aromatic carbocycles. The zero-order chi connectivity index (χ0) is 19.9. The molecule has 0 fully saturated rings. The highest BCUT2D eigenvalue weighted by Gasteiger charge is 2.25. The van der Waals surface area contributed by atoms with Crippen LogP contribution in [0, 0.1) is 13.8 Å². The summed E-state index contributed by atoms with van der Waals surface area (Å²) in [5, 5.41) is 2.76. The van der Waals surface area contributed by atoms with Crippen molar-refractivity contribution in [3.63, 3.8) is 0 Å². The van der Waals surface area contributed by atoms with E-state index in [0.717, 1.165) is 11.1 Å². The number of nitrogens with one attached hydrogen (secondary N) is 1. The Morgan fingerprint density at radius 2 is 1.54 bits per heavy atom. The first-order valence-electron chi connectivity index (χ1n) is 8.97. The van der Waals surface area contributed by atoms with Crippen LogP contribution in [-0.2, 0) is 14.8 Å². The molecule has 1 amide bonds. The standard InChI is InChI=1S/C20H27N3O3S.ClH/c1-16-4-8-18(9-5-16)23(15-12-20(24)22-14-3-13-21)27(25,26)19-10-6-17(2)7-11-19;/h4-11H,3,12-15,21H2,1-2H3,(H,22,24);1H. The maximum Gasteiger partial charge on any atom is 0.264 e.